The molecule has 29 heavy (non-hydrogen) atoms. The monoisotopic (exact) mass is 393 g/mol. The molecule has 3 aliphatic carbocycles. The highest BCUT2D eigenvalue weighted by molar-refractivity contribution is 5.43. The van der Waals surface area contributed by atoms with Gasteiger partial charge in [-0.3, -0.25) is 10.1 Å². The fourth-order valence-electron chi connectivity index (χ4n) is 6.37. The van der Waals surface area contributed by atoms with E-state index in [1.807, 2.05) is 6.07 Å². The van der Waals surface area contributed by atoms with Crippen LogP contribution >= 0.6 is 0 Å². The van der Waals surface area contributed by atoms with Crippen LogP contribution in [-0.4, -0.2) is 16.1 Å². The molecule has 2 aromatic rings. The van der Waals surface area contributed by atoms with Crippen LogP contribution in [0.5, 0.6) is 11.5 Å². The zero-order valence-electron chi connectivity index (χ0n) is 16.7. The summed E-state index contributed by atoms with van der Waals surface area (Å²) in [5.74, 6) is 3.31. The van der Waals surface area contributed by atoms with Gasteiger partial charge in [0.05, 0.1) is 11.0 Å². The Kier molecular flexibility index (Phi) is 4.39. The minimum atomic E-state index is -0.405. The fourth-order valence-corrected chi connectivity index (χ4v) is 6.37. The van der Waals surface area contributed by atoms with E-state index in [1.165, 1.54) is 29.7 Å². The molecule has 5 nitrogen and oxygen atoms in total. The van der Waals surface area contributed by atoms with E-state index in [-0.39, 0.29) is 17.2 Å². The summed E-state index contributed by atoms with van der Waals surface area (Å²) in [6.07, 6.45) is 6.49. The lowest BCUT2D eigenvalue weighted by molar-refractivity contribution is -0.384. The number of fused-ring (bicyclic) bond motifs is 5. The molecular formula is C24H27NO4. The summed E-state index contributed by atoms with van der Waals surface area (Å²) >= 11 is 0. The van der Waals surface area contributed by atoms with Crippen LogP contribution in [-0.2, 0) is 6.42 Å². The molecule has 5 heteroatoms. The number of rotatable bonds is 3. The molecular weight excluding hydrogens is 366 g/mol. The summed E-state index contributed by atoms with van der Waals surface area (Å²) < 4.78 is 5.96. The average molecular weight is 393 g/mol. The van der Waals surface area contributed by atoms with Gasteiger partial charge >= 0.3 is 0 Å². The average Bonchev–Trinajstić information content (AvgIpc) is 3.03. The van der Waals surface area contributed by atoms with Crippen molar-refractivity contribution in [2.45, 2.75) is 57.5 Å². The minimum Gasteiger partial charge on any atom is -0.457 e. The Labute approximate surface area is 170 Å². The zero-order chi connectivity index (χ0) is 20.2. The normalized spacial score (nSPS) is 32.8. The van der Waals surface area contributed by atoms with Gasteiger partial charge in [-0.15, -0.1) is 0 Å². The number of non-ortho nitro benzene ring substituents is 1. The molecule has 0 unspecified atom stereocenters. The lowest BCUT2D eigenvalue weighted by Gasteiger charge is -2.50. The number of nitrogens with zero attached hydrogens (tertiary/aromatic N) is 1. The van der Waals surface area contributed by atoms with Gasteiger partial charge in [0.25, 0.3) is 5.69 Å². The van der Waals surface area contributed by atoms with Gasteiger partial charge in [0.1, 0.15) is 11.5 Å². The molecule has 0 radical (unpaired) electrons. The molecule has 0 bridgehead atoms. The highest BCUT2D eigenvalue weighted by atomic mass is 16.6. The topological polar surface area (TPSA) is 72.6 Å². The lowest BCUT2D eigenvalue weighted by atomic mass is 9.55. The van der Waals surface area contributed by atoms with Crippen molar-refractivity contribution in [3.05, 3.63) is 63.7 Å². The molecule has 0 aliphatic heterocycles. The number of ether oxygens (including phenoxy) is 1. The SMILES string of the molecule is C[C@@]12CC[C@H]3c4ccc(Oc5ccc([N+](=O)[O-])cc5)cc4CC[C@@H]3[C@@H]1CC[C@@H]2O. The summed E-state index contributed by atoms with van der Waals surface area (Å²) in [5.41, 5.74) is 3.00. The molecule has 0 aromatic heterocycles. The molecule has 3 aliphatic rings. The van der Waals surface area contributed by atoms with Crippen molar-refractivity contribution >= 4 is 5.69 Å². The Balaban J connectivity index is 1.36. The molecule has 2 saturated carbocycles. The number of aryl methyl sites for hydroxylation is 1. The second-order valence-corrected chi connectivity index (χ2v) is 9.27. The van der Waals surface area contributed by atoms with Gasteiger partial charge in [-0.2, -0.15) is 0 Å². The van der Waals surface area contributed by atoms with Crippen molar-refractivity contribution in [2.75, 3.05) is 0 Å². The van der Waals surface area contributed by atoms with Gasteiger partial charge in [-0.25, -0.2) is 0 Å². The van der Waals surface area contributed by atoms with Gasteiger partial charge in [0, 0.05) is 12.1 Å². The van der Waals surface area contributed by atoms with Gasteiger partial charge in [-0.05, 0) is 97.1 Å². The maximum Gasteiger partial charge on any atom is 0.269 e. The van der Waals surface area contributed by atoms with E-state index in [1.54, 1.807) is 12.1 Å². The van der Waals surface area contributed by atoms with Gasteiger partial charge < -0.3 is 9.84 Å². The predicted octanol–water partition coefficient (Wildman–Crippen LogP) is 5.60. The summed E-state index contributed by atoms with van der Waals surface area (Å²) in [5, 5.41) is 21.3. The Hall–Kier alpha value is -2.40. The van der Waals surface area contributed by atoms with Crippen molar-refractivity contribution < 1.29 is 14.8 Å². The van der Waals surface area contributed by atoms with E-state index in [4.69, 9.17) is 4.74 Å². The quantitative estimate of drug-likeness (QED) is 0.544. The first-order chi connectivity index (χ1) is 14.0. The van der Waals surface area contributed by atoms with E-state index in [0.717, 1.165) is 37.9 Å². The Bertz CT molecular complexity index is 940. The molecule has 5 rings (SSSR count). The largest absolute Gasteiger partial charge is 0.457 e. The number of hydrogen-bond acceptors (Lipinski definition) is 4. The van der Waals surface area contributed by atoms with Crippen LogP contribution in [0.15, 0.2) is 42.5 Å². The molecule has 0 saturated heterocycles. The number of aliphatic hydroxyl groups is 1. The van der Waals surface area contributed by atoms with Crippen LogP contribution in [0.3, 0.4) is 0 Å². The van der Waals surface area contributed by atoms with Crippen LogP contribution in [0.2, 0.25) is 0 Å². The van der Waals surface area contributed by atoms with Crippen LogP contribution in [0.1, 0.15) is 56.1 Å². The van der Waals surface area contributed by atoms with E-state index in [2.05, 4.69) is 19.1 Å². The Morgan fingerprint density at radius 1 is 1.07 bits per heavy atom. The summed E-state index contributed by atoms with van der Waals surface area (Å²) in [6.45, 7) is 2.31. The summed E-state index contributed by atoms with van der Waals surface area (Å²) in [7, 11) is 0. The third kappa shape index (κ3) is 3.03. The van der Waals surface area contributed by atoms with Crippen LogP contribution in [0.4, 0.5) is 5.69 Å². The van der Waals surface area contributed by atoms with Crippen LogP contribution in [0, 0.1) is 27.4 Å². The van der Waals surface area contributed by atoms with Crippen molar-refractivity contribution in [2.24, 2.45) is 17.3 Å². The highest BCUT2D eigenvalue weighted by Crippen LogP contribution is 2.60. The first-order valence-corrected chi connectivity index (χ1v) is 10.7. The fraction of sp³-hybridized carbons (Fsp3) is 0.500. The molecule has 0 heterocycles. The molecule has 152 valence electrons. The molecule has 0 spiro atoms. The smallest absolute Gasteiger partial charge is 0.269 e. The zero-order valence-corrected chi connectivity index (χ0v) is 16.7. The maximum atomic E-state index is 10.8. The van der Waals surface area contributed by atoms with E-state index >= 15 is 0 Å². The Morgan fingerprint density at radius 3 is 2.59 bits per heavy atom. The van der Waals surface area contributed by atoms with Crippen molar-refractivity contribution in [3.8, 4) is 11.5 Å². The third-order valence-corrected chi connectivity index (χ3v) is 7.93. The second-order valence-electron chi connectivity index (χ2n) is 9.27. The van der Waals surface area contributed by atoms with Crippen molar-refractivity contribution in [3.63, 3.8) is 0 Å². The lowest BCUT2D eigenvalue weighted by Crippen LogP contribution is -2.43. The predicted molar refractivity (Wildman–Crippen MR) is 110 cm³/mol. The summed E-state index contributed by atoms with van der Waals surface area (Å²) in [4.78, 5) is 10.4. The van der Waals surface area contributed by atoms with Crippen molar-refractivity contribution in [1.82, 2.24) is 0 Å². The molecule has 2 fully saturated rings. The standard InChI is InChI=1S/C24H27NO4/c1-24-13-12-20-19-9-7-18(29-17-5-3-16(4-6-17)25(27)28)14-15(19)2-8-21(20)22(24)10-11-23(24)26/h3-7,9,14,20-23,26H,2,8,10-13H2,1H3/t20-,21-,22-,23-,24+/m0/s1. The number of nitro groups is 1. The molecule has 0 amide bonds. The maximum absolute atomic E-state index is 10.8. The number of aliphatic hydroxyl groups excluding tert-OH is 1. The first kappa shape index (κ1) is 18.6. The van der Waals surface area contributed by atoms with Gasteiger partial charge in [-0.1, -0.05) is 13.0 Å². The van der Waals surface area contributed by atoms with Gasteiger partial charge in [0.15, 0.2) is 0 Å². The van der Waals surface area contributed by atoms with Crippen molar-refractivity contribution in [1.29, 1.82) is 0 Å². The van der Waals surface area contributed by atoms with E-state index < -0.39 is 4.92 Å². The second kappa shape index (κ2) is 6.84. The van der Waals surface area contributed by atoms with Crippen LogP contribution < -0.4 is 4.74 Å². The number of nitro benzene ring substituents is 1. The first-order valence-electron chi connectivity index (χ1n) is 10.7. The number of hydrogen-bond donors (Lipinski definition) is 1. The summed E-state index contributed by atoms with van der Waals surface area (Å²) in [6, 6.07) is 12.6. The third-order valence-electron chi connectivity index (χ3n) is 7.93. The molecule has 5 atom stereocenters. The highest BCUT2D eigenvalue weighted by Gasteiger charge is 2.54. The van der Waals surface area contributed by atoms with Crippen LogP contribution in [0.25, 0.3) is 0 Å². The molecule has 2 aromatic carbocycles. The van der Waals surface area contributed by atoms with E-state index in [9.17, 15) is 15.2 Å². The van der Waals surface area contributed by atoms with E-state index in [0.29, 0.717) is 23.5 Å². The number of benzene rings is 2. The minimum absolute atomic E-state index is 0.0650. The Morgan fingerprint density at radius 2 is 1.83 bits per heavy atom. The molecule has 1 N–H and O–H groups in total. The van der Waals surface area contributed by atoms with Gasteiger partial charge in [0.2, 0.25) is 0 Å².